The van der Waals surface area contributed by atoms with E-state index < -0.39 is 5.41 Å². The van der Waals surface area contributed by atoms with Gasteiger partial charge in [-0.25, -0.2) is 15.0 Å². The van der Waals surface area contributed by atoms with E-state index in [4.69, 9.17) is 28.2 Å². The number of aromatic nitrogens is 4. The minimum absolute atomic E-state index is 0.00343. The molecule has 1 aliphatic heterocycles. The summed E-state index contributed by atoms with van der Waals surface area (Å²) in [5.74, 6) is 2.30. The highest BCUT2D eigenvalue weighted by molar-refractivity contribution is 6.16. The second-order valence-corrected chi connectivity index (χ2v) is 18.9. The molecule has 15 rings (SSSR count). The first-order valence-corrected chi connectivity index (χ1v) is 23.0. The van der Waals surface area contributed by atoms with E-state index in [1.807, 2.05) is 30.3 Å². The maximum Gasteiger partial charge on any atom is 0.167 e. The monoisotopic (exact) mass is 852 g/mol. The lowest BCUT2D eigenvalue weighted by molar-refractivity contribution is 0.512. The lowest BCUT2D eigenvalue weighted by Gasteiger charge is -2.44. The molecule has 0 N–H and O–H groups in total. The van der Waals surface area contributed by atoms with E-state index >= 15 is 0 Å². The van der Waals surface area contributed by atoms with E-state index in [0.717, 1.165) is 105 Å². The molecule has 0 saturated heterocycles. The lowest BCUT2D eigenvalue weighted by Crippen LogP contribution is -2.37. The summed E-state index contributed by atoms with van der Waals surface area (Å²) in [6.45, 7) is 9.47. The third-order valence-corrected chi connectivity index (χ3v) is 15.3. The molecule has 6 bridgehead atoms. The van der Waals surface area contributed by atoms with E-state index in [9.17, 15) is 0 Å². The third kappa shape index (κ3) is 4.64. The van der Waals surface area contributed by atoms with Crippen molar-refractivity contribution >= 4 is 76.7 Å². The van der Waals surface area contributed by atoms with Crippen LogP contribution >= 0.6 is 0 Å². The number of benzene rings is 7. The number of fused-ring (bicyclic) bond motifs is 15. The Morgan fingerprint density at radius 2 is 1.18 bits per heavy atom. The highest BCUT2D eigenvalue weighted by Gasteiger charge is 2.47. The van der Waals surface area contributed by atoms with Crippen LogP contribution in [-0.4, -0.2) is 19.5 Å². The molecule has 2 aliphatic carbocycles. The molecule has 4 unspecified atom stereocenters. The van der Waals surface area contributed by atoms with Gasteiger partial charge in [0.15, 0.2) is 17.2 Å². The minimum Gasteiger partial charge on any atom is -0.456 e. The first kappa shape index (κ1) is 36.3. The van der Waals surface area contributed by atoms with Crippen LogP contribution in [-0.2, 0) is 5.41 Å². The largest absolute Gasteiger partial charge is 0.456 e. The first-order valence-electron chi connectivity index (χ1n) is 23.0. The molecule has 5 aromatic heterocycles. The number of nitrogens with zero attached hydrogens (tertiary/aromatic N) is 4. The van der Waals surface area contributed by atoms with E-state index in [1.165, 1.54) is 27.8 Å². The standard InChI is InChI=1S/C59H40N4O3/c1-30-24-25-59(4)52-32(3)53-51(31(2)50(30)52)43-27-34(35-21-23-47-40(26-35)42-29-48-41(28-49(42)65-47)36-14-8-9-19-46(36)64-48)20-22-44(43)63(53)45-18-11-16-38-37-15-10-17-39(54(37)66-55(38)45)57-60-56(61-58(59)62-57)33-12-6-5-7-13-33/h5-32H,1-4H3. The SMILES string of the molecule is CC1C=CC2(C)C3=C1C(C)c1c(n(c4ccc(-c5ccc6oc7cc8c(cc7c6c5)oc5ccccc58)cc14)-c1cccc4c1oc1c(cccc14)-c1nc(-c4ccccc4)nc2n1)C3C. The number of para-hydroxylation sites is 3. The molecule has 7 heteroatoms. The topological polar surface area (TPSA) is 83.0 Å². The number of rotatable bonds is 2. The lowest BCUT2D eigenvalue weighted by atomic mass is 9.60. The molecule has 66 heavy (non-hydrogen) atoms. The normalized spacial score (nSPS) is 19.9. The maximum absolute atomic E-state index is 7.17. The molecule has 6 heterocycles. The van der Waals surface area contributed by atoms with Crippen LogP contribution in [0.15, 0.2) is 176 Å². The van der Waals surface area contributed by atoms with Gasteiger partial charge in [0.25, 0.3) is 0 Å². The van der Waals surface area contributed by atoms with Crippen molar-refractivity contribution in [3.05, 3.63) is 180 Å². The predicted molar refractivity (Wildman–Crippen MR) is 264 cm³/mol. The van der Waals surface area contributed by atoms with Gasteiger partial charge in [-0.2, -0.15) is 0 Å². The van der Waals surface area contributed by atoms with Crippen LogP contribution in [0.3, 0.4) is 0 Å². The van der Waals surface area contributed by atoms with Crippen molar-refractivity contribution in [2.45, 2.75) is 44.9 Å². The van der Waals surface area contributed by atoms with Gasteiger partial charge in [0, 0.05) is 60.8 Å². The summed E-state index contributed by atoms with van der Waals surface area (Å²) in [6.07, 6.45) is 4.74. The van der Waals surface area contributed by atoms with Crippen molar-refractivity contribution in [2.24, 2.45) is 5.92 Å². The average Bonchev–Trinajstić information content (AvgIpc) is 4.11. The van der Waals surface area contributed by atoms with Crippen LogP contribution in [0.2, 0.25) is 0 Å². The fraction of sp³-hybridized carbons (Fsp3) is 0.136. The zero-order valence-corrected chi connectivity index (χ0v) is 36.7. The Kier molecular flexibility index (Phi) is 6.94. The van der Waals surface area contributed by atoms with Crippen LogP contribution < -0.4 is 0 Å². The van der Waals surface area contributed by atoms with E-state index in [1.54, 1.807) is 0 Å². The van der Waals surface area contributed by atoms with Gasteiger partial charge in [0.05, 0.1) is 22.2 Å². The molecular formula is C59H40N4O3. The molecule has 0 saturated carbocycles. The summed E-state index contributed by atoms with van der Waals surface area (Å²) in [5, 5.41) is 7.60. The van der Waals surface area contributed by atoms with Gasteiger partial charge >= 0.3 is 0 Å². The summed E-state index contributed by atoms with van der Waals surface area (Å²) < 4.78 is 22.5. The zero-order chi connectivity index (χ0) is 43.7. The van der Waals surface area contributed by atoms with Crippen molar-refractivity contribution < 1.29 is 13.3 Å². The molecule has 0 radical (unpaired) electrons. The van der Waals surface area contributed by atoms with Crippen LogP contribution in [0.4, 0.5) is 0 Å². The van der Waals surface area contributed by atoms with Crippen molar-refractivity contribution in [1.29, 1.82) is 0 Å². The van der Waals surface area contributed by atoms with E-state index in [0.29, 0.717) is 11.6 Å². The highest BCUT2D eigenvalue weighted by Crippen LogP contribution is 2.58. The molecular weight excluding hydrogens is 813 g/mol. The van der Waals surface area contributed by atoms with Gasteiger partial charge in [0.2, 0.25) is 0 Å². The van der Waals surface area contributed by atoms with Gasteiger partial charge in [-0.05, 0) is 89.7 Å². The summed E-state index contributed by atoms with van der Waals surface area (Å²) in [7, 11) is 0. The molecule has 0 spiro atoms. The average molecular weight is 853 g/mol. The number of allylic oxidation sites excluding steroid dienone is 4. The second kappa shape index (κ2) is 12.6. The highest BCUT2D eigenvalue weighted by atomic mass is 16.3. The van der Waals surface area contributed by atoms with Crippen LogP contribution in [0.1, 0.15) is 56.6 Å². The van der Waals surface area contributed by atoms with Crippen molar-refractivity contribution in [3.63, 3.8) is 0 Å². The van der Waals surface area contributed by atoms with Gasteiger partial charge in [-0.3, -0.25) is 0 Å². The Hall–Kier alpha value is -8.03. The molecule has 12 aromatic rings. The van der Waals surface area contributed by atoms with Crippen LogP contribution in [0, 0.1) is 5.92 Å². The third-order valence-electron chi connectivity index (χ3n) is 15.3. The van der Waals surface area contributed by atoms with Crippen molar-refractivity contribution in [3.8, 4) is 39.6 Å². The number of hydrogen-bond donors (Lipinski definition) is 0. The Morgan fingerprint density at radius 1 is 0.515 bits per heavy atom. The smallest absolute Gasteiger partial charge is 0.167 e. The first-order chi connectivity index (χ1) is 32.3. The summed E-state index contributed by atoms with van der Waals surface area (Å²) >= 11 is 0. The molecule has 7 aromatic carbocycles. The van der Waals surface area contributed by atoms with Gasteiger partial charge in [0.1, 0.15) is 33.7 Å². The predicted octanol–water partition coefficient (Wildman–Crippen LogP) is 15.5. The molecule has 0 fully saturated rings. The van der Waals surface area contributed by atoms with Crippen molar-refractivity contribution in [2.75, 3.05) is 0 Å². The quantitative estimate of drug-likeness (QED) is 0.161. The second-order valence-electron chi connectivity index (χ2n) is 18.9. The van der Waals surface area contributed by atoms with Gasteiger partial charge in [-0.1, -0.05) is 123 Å². The van der Waals surface area contributed by atoms with Gasteiger partial charge in [-0.15, -0.1) is 0 Å². The van der Waals surface area contributed by atoms with E-state index in [-0.39, 0.29) is 17.8 Å². The Labute approximate surface area is 378 Å². The molecule has 7 nitrogen and oxygen atoms in total. The van der Waals surface area contributed by atoms with E-state index in [2.05, 4.69) is 154 Å². The van der Waals surface area contributed by atoms with Crippen molar-refractivity contribution in [1.82, 2.24) is 19.5 Å². The minimum atomic E-state index is -0.626. The number of hydrogen-bond acceptors (Lipinski definition) is 6. The Morgan fingerprint density at radius 3 is 2.02 bits per heavy atom. The molecule has 4 atom stereocenters. The Bertz CT molecular complexity index is 4200. The fourth-order valence-corrected chi connectivity index (χ4v) is 12.3. The van der Waals surface area contributed by atoms with Gasteiger partial charge < -0.3 is 17.8 Å². The Balaban J connectivity index is 1.01. The molecule has 314 valence electrons. The summed E-state index contributed by atoms with van der Waals surface area (Å²) in [4.78, 5) is 16.0. The van der Waals surface area contributed by atoms with Crippen LogP contribution in [0.5, 0.6) is 0 Å². The molecule has 3 aliphatic rings. The maximum atomic E-state index is 7.17. The van der Waals surface area contributed by atoms with Crippen LogP contribution in [0.25, 0.3) is 116 Å². The number of furan rings is 3. The zero-order valence-electron chi connectivity index (χ0n) is 36.7. The summed E-state index contributed by atoms with van der Waals surface area (Å²) in [6, 6.07) is 49.3. The molecule has 0 amide bonds. The summed E-state index contributed by atoms with van der Waals surface area (Å²) in [5.41, 5.74) is 16.1. The fourth-order valence-electron chi connectivity index (χ4n) is 12.3.